The Bertz CT molecular complexity index is 901. The average molecular weight is 371 g/mol. The van der Waals surface area contributed by atoms with Crippen molar-refractivity contribution in [2.24, 2.45) is 0 Å². The Labute approximate surface area is 154 Å². The molecule has 1 aromatic heterocycles. The van der Waals surface area contributed by atoms with Gasteiger partial charge in [-0.3, -0.25) is 4.79 Å². The van der Waals surface area contributed by atoms with E-state index in [-0.39, 0.29) is 5.78 Å². The van der Waals surface area contributed by atoms with Crippen molar-refractivity contribution in [1.29, 1.82) is 0 Å². The molecule has 1 heterocycles. The minimum absolute atomic E-state index is 0.0464. The lowest BCUT2D eigenvalue weighted by molar-refractivity contribution is 0.104. The van der Waals surface area contributed by atoms with Crippen LogP contribution in [0.1, 0.15) is 17.3 Å². The summed E-state index contributed by atoms with van der Waals surface area (Å²) in [5.74, 6) is 1.53. The second-order valence-corrected chi connectivity index (χ2v) is 7.24. The zero-order valence-corrected chi connectivity index (χ0v) is 15.5. The molecule has 0 aliphatic heterocycles. The van der Waals surface area contributed by atoms with Gasteiger partial charge < -0.3 is 9.47 Å². The largest absolute Gasteiger partial charge is 0.497 e. The smallest absolute Gasteiger partial charge is 0.186 e. The van der Waals surface area contributed by atoms with Crippen LogP contribution in [0, 0.1) is 0 Å². The van der Waals surface area contributed by atoms with Crippen molar-refractivity contribution >= 4 is 39.1 Å². The molecular formula is C19H17NO3S2. The molecule has 0 aliphatic carbocycles. The average Bonchev–Trinajstić information content (AvgIpc) is 3.04. The van der Waals surface area contributed by atoms with E-state index in [1.807, 2.05) is 25.1 Å². The van der Waals surface area contributed by atoms with Crippen LogP contribution in [-0.2, 0) is 0 Å². The van der Waals surface area contributed by atoms with Gasteiger partial charge in [-0.15, -0.1) is 11.3 Å². The number of allylic oxidation sites excluding steroid dienone is 1. The number of thioether (sulfide) groups is 1. The van der Waals surface area contributed by atoms with E-state index in [4.69, 9.17) is 9.47 Å². The monoisotopic (exact) mass is 371 g/mol. The molecule has 0 bridgehead atoms. The summed E-state index contributed by atoms with van der Waals surface area (Å²) in [6.07, 6.45) is 1.56. The van der Waals surface area contributed by atoms with Crippen LogP contribution in [0.15, 0.2) is 58.3 Å². The first-order chi connectivity index (χ1) is 12.2. The predicted molar refractivity (Wildman–Crippen MR) is 103 cm³/mol. The molecule has 6 heteroatoms. The van der Waals surface area contributed by atoms with Crippen LogP contribution in [0.2, 0.25) is 0 Å². The number of carbonyl (C=O) groups excluding carboxylic acids is 1. The number of nitrogens with zero attached hydrogens (tertiary/aromatic N) is 1. The number of ether oxygens (including phenoxy) is 2. The topological polar surface area (TPSA) is 48.4 Å². The fraction of sp³-hybridized carbons (Fsp3) is 0.158. The summed E-state index contributed by atoms with van der Waals surface area (Å²) >= 11 is 3.02. The van der Waals surface area contributed by atoms with Gasteiger partial charge in [0.15, 0.2) is 10.1 Å². The van der Waals surface area contributed by atoms with Crippen LogP contribution in [0.3, 0.4) is 0 Å². The summed E-state index contributed by atoms with van der Waals surface area (Å²) < 4.78 is 12.6. The lowest BCUT2D eigenvalue weighted by Crippen LogP contribution is -1.93. The third-order valence-electron chi connectivity index (χ3n) is 3.41. The van der Waals surface area contributed by atoms with Crippen molar-refractivity contribution < 1.29 is 14.3 Å². The van der Waals surface area contributed by atoms with Gasteiger partial charge in [-0.1, -0.05) is 11.8 Å². The number of hydrogen-bond acceptors (Lipinski definition) is 6. The Hall–Kier alpha value is -2.31. The fourth-order valence-corrected chi connectivity index (χ4v) is 4.01. The van der Waals surface area contributed by atoms with Gasteiger partial charge in [-0.2, -0.15) is 0 Å². The minimum atomic E-state index is -0.0464. The molecule has 0 saturated carbocycles. The molecule has 0 saturated heterocycles. The van der Waals surface area contributed by atoms with E-state index < -0.39 is 0 Å². The van der Waals surface area contributed by atoms with Crippen LogP contribution in [-0.4, -0.2) is 24.5 Å². The van der Waals surface area contributed by atoms with Crippen molar-refractivity contribution in [3.05, 3.63) is 59.5 Å². The Kier molecular flexibility index (Phi) is 5.73. The van der Waals surface area contributed by atoms with Gasteiger partial charge in [0.2, 0.25) is 0 Å². The number of benzene rings is 2. The molecule has 0 radical (unpaired) electrons. The van der Waals surface area contributed by atoms with E-state index in [1.165, 1.54) is 11.8 Å². The number of ketones is 1. The number of fused-ring (bicyclic) bond motifs is 1. The number of hydrogen-bond donors (Lipinski definition) is 0. The van der Waals surface area contributed by atoms with Crippen molar-refractivity contribution in [1.82, 2.24) is 4.98 Å². The molecule has 0 spiro atoms. The highest BCUT2D eigenvalue weighted by Crippen LogP contribution is 2.32. The predicted octanol–water partition coefficient (Wildman–Crippen LogP) is 5.19. The lowest BCUT2D eigenvalue weighted by atomic mass is 10.1. The molecule has 0 amide bonds. The normalized spacial score (nSPS) is 11.1. The van der Waals surface area contributed by atoms with Gasteiger partial charge >= 0.3 is 0 Å². The number of methoxy groups -OCH3 is 1. The number of rotatable bonds is 7. The van der Waals surface area contributed by atoms with Crippen LogP contribution in [0.5, 0.6) is 11.5 Å². The molecule has 3 aromatic rings. The maximum absolute atomic E-state index is 12.1. The first-order valence-electron chi connectivity index (χ1n) is 7.74. The Morgan fingerprint density at radius 2 is 1.96 bits per heavy atom. The first kappa shape index (κ1) is 17.5. The summed E-state index contributed by atoms with van der Waals surface area (Å²) in [5, 5.41) is 1.77. The van der Waals surface area contributed by atoms with Crippen molar-refractivity contribution in [2.75, 3.05) is 13.7 Å². The summed E-state index contributed by atoms with van der Waals surface area (Å²) in [6.45, 7) is 2.60. The molecule has 0 atom stereocenters. The van der Waals surface area contributed by atoms with E-state index in [1.54, 1.807) is 54.2 Å². The molecule has 128 valence electrons. The maximum Gasteiger partial charge on any atom is 0.186 e. The number of carbonyl (C=O) groups is 1. The van der Waals surface area contributed by atoms with Gasteiger partial charge in [0.1, 0.15) is 11.5 Å². The van der Waals surface area contributed by atoms with Gasteiger partial charge in [-0.25, -0.2) is 4.98 Å². The molecule has 0 aliphatic rings. The van der Waals surface area contributed by atoms with E-state index in [0.717, 1.165) is 26.1 Å². The fourth-order valence-electron chi connectivity index (χ4n) is 2.20. The van der Waals surface area contributed by atoms with Crippen LogP contribution in [0.4, 0.5) is 0 Å². The first-order valence-corrected chi connectivity index (χ1v) is 9.44. The number of aromatic nitrogens is 1. The molecule has 25 heavy (non-hydrogen) atoms. The maximum atomic E-state index is 12.1. The van der Waals surface area contributed by atoms with E-state index in [9.17, 15) is 4.79 Å². The lowest BCUT2D eigenvalue weighted by Gasteiger charge is -2.00. The molecule has 0 N–H and O–H groups in total. The molecule has 2 aromatic carbocycles. The summed E-state index contributed by atoms with van der Waals surface area (Å²) in [5.41, 5.74) is 1.56. The van der Waals surface area contributed by atoms with Gasteiger partial charge in [0.05, 0.1) is 23.9 Å². The van der Waals surface area contributed by atoms with Gasteiger partial charge in [-0.05, 0) is 60.9 Å². The highest BCUT2D eigenvalue weighted by atomic mass is 32.2. The van der Waals surface area contributed by atoms with Crippen LogP contribution in [0.25, 0.3) is 10.2 Å². The summed E-state index contributed by atoms with van der Waals surface area (Å²) in [4.78, 5) is 16.7. The third-order valence-corrected chi connectivity index (χ3v) is 5.33. The summed E-state index contributed by atoms with van der Waals surface area (Å²) in [6, 6.07) is 12.9. The highest BCUT2D eigenvalue weighted by molar-refractivity contribution is 8.03. The van der Waals surface area contributed by atoms with E-state index >= 15 is 0 Å². The van der Waals surface area contributed by atoms with Crippen molar-refractivity contribution in [2.45, 2.75) is 11.3 Å². The van der Waals surface area contributed by atoms with E-state index in [2.05, 4.69) is 4.98 Å². The van der Waals surface area contributed by atoms with Gasteiger partial charge in [0, 0.05) is 5.56 Å². The molecule has 0 fully saturated rings. The quantitative estimate of drug-likeness (QED) is 0.325. The Balaban J connectivity index is 1.66. The zero-order valence-electron chi connectivity index (χ0n) is 13.9. The van der Waals surface area contributed by atoms with E-state index in [0.29, 0.717) is 12.2 Å². The molecule has 4 nitrogen and oxygen atoms in total. The van der Waals surface area contributed by atoms with Crippen LogP contribution >= 0.6 is 23.1 Å². The summed E-state index contributed by atoms with van der Waals surface area (Å²) in [7, 11) is 1.60. The van der Waals surface area contributed by atoms with Crippen LogP contribution < -0.4 is 9.47 Å². The molecule has 3 rings (SSSR count). The van der Waals surface area contributed by atoms with Crippen molar-refractivity contribution in [3.63, 3.8) is 0 Å². The Morgan fingerprint density at radius 3 is 2.68 bits per heavy atom. The highest BCUT2D eigenvalue weighted by Gasteiger charge is 2.06. The van der Waals surface area contributed by atoms with Crippen molar-refractivity contribution in [3.8, 4) is 11.5 Å². The molecule has 0 unspecified atom stereocenters. The second kappa shape index (κ2) is 8.18. The SMILES string of the molecule is CCOc1ccc2nc(SC=CC(=O)c3ccc(OC)cc3)sc2c1. The number of thiazole rings is 1. The standard InChI is InChI=1S/C19H17NO3S2/c1-3-23-15-8-9-16-18(12-15)25-19(20-16)24-11-10-17(21)13-4-6-14(22-2)7-5-13/h4-12H,3H2,1-2H3. The second-order valence-electron chi connectivity index (χ2n) is 5.06. The molecular weight excluding hydrogens is 354 g/mol. The zero-order chi connectivity index (χ0) is 17.6. The van der Waals surface area contributed by atoms with Gasteiger partial charge in [0.25, 0.3) is 0 Å². The minimum Gasteiger partial charge on any atom is -0.497 e. The Morgan fingerprint density at radius 1 is 1.20 bits per heavy atom. The third kappa shape index (κ3) is 4.41.